The Bertz CT molecular complexity index is 1310. The summed E-state index contributed by atoms with van der Waals surface area (Å²) in [6, 6.07) is 3.63. The Morgan fingerprint density at radius 2 is 1.90 bits per heavy atom. The summed E-state index contributed by atoms with van der Waals surface area (Å²) in [6.07, 6.45) is -2.28. The number of imide groups is 1. The molecule has 2 aliphatic rings. The molecule has 0 bridgehead atoms. The molecule has 4 N–H and O–H groups in total. The number of likely N-dealkylation sites (tertiary alicyclic amines) is 1. The fraction of sp³-hybridized carbons (Fsp3) is 0.400. The number of ether oxygens (including phenoxy) is 3. The van der Waals surface area contributed by atoms with Crippen molar-refractivity contribution in [2.75, 3.05) is 11.9 Å². The third kappa shape index (κ3) is 5.90. The van der Waals surface area contributed by atoms with E-state index in [2.05, 4.69) is 25.1 Å². The van der Waals surface area contributed by atoms with Gasteiger partial charge in [0.25, 0.3) is 0 Å². The van der Waals surface area contributed by atoms with Gasteiger partial charge in [-0.05, 0) is 62.6 Å². The maximum Gasteiger partial charge on any atom is 0.586 e. The summed E-state index contributed by atoms with van der Waals surface area (Å²) in [7, 11) is 0. The Morgan fingerprint density at radius 1 is 1.18 bits per heavy atom. The highest BCUT2D eigenvalue weighted by molar-refractivity contribution is 6.08. The molecule has 0 radical (unpaired) electrons. The van der Waals surface area contributed by atoms with E-state index in [1.54, 1.807) is 26.0 Å². The van der Waals surface area contributed by atoms with E-state index in [0.29, 0.717) is 11.1 Å². The first-order chi connectivity index (χ1) is 18.4. The Kier molecular flexibility index (Phi) is 7.67. The molecule has 0 aliphatic carbocycles. The smallest absolute Gasteiger partial charge is 0.464 e. The zero-order valence-corrected chi connectivity index (χ0v) is 21.3. The molecule has 4 rings (SSSR count). The number of anilines is 1. The topological polar surface area (TPSA) is 162 Å². The second kappa shape index (κ2) is 10.8. The minimum atomic E-state index is -3.79. The van der Waals surface area contributed by atoms with Crippen LogP contribution in [-0.2, 0) is 25.5 Å². The van der Waals surface area contributed by atoms with Crippen LogP contribution in [0.3, 0.4) is 0 Å². The third-order valence-electron chi connectivity index (χ3n) is 6.17. The molecular weight excluding hydrogens is 520 g/mol. The maximum absolute atomic E-state index is 13.3. The van der Waals surface area contributed by atoms with Crippen LogP contribution in [0.15, 0.2) is 36.5 Å². The number of hydrogen-bond donors (Lipinski definition) is 3. The molecule has 39 heavy (non-hydrogen) atoms. The Morgan fingerprint density at radius 3 is 2.59 bits per heavy atom. The summed E-state index contributed by atoms with van der Waals surface area (Å²) in [5.41, 5.74) is 6.55. The normalized spacial score (nSPS) is 20.5. The van der Waals surface area contributed by atoms with Crippen LogP contribution < -0.4 is 25.8 Å². The molecule has 3 heterocycles. The molecule has 4 atom stereocenters. The minimum absolute atomic E-state index is 0.0344. The number of nitrogens with zero attached hydrogens (tertiary/aromatic N) is 2. The molecule has 1 fully saturated rings. The molecule has 4 unspecified atom stereocenters. The predicted octanol–water partition coefficient (Wildman–Crippen LogP) is 2.09. The molecule has 0 spiro atoms. The molecule has 1 aromatic heterocycles. The lowest BCUT2D eigenvalue weighted by Gasteiger charge is -2.44. The first-order valence-electron chi connectivity index (χ1n) is 12.1. The molecule has 1 aromatic carbocycles. The number of benzene rings is 1. The summed E-state index contributed by atoms with van der Waals surface area (Å²) in [5.74, 6) is -2.84. The molecule has 2 aliphatic heterocycles. The number of alkyl halides is 2. The highest BCUT2D eigenvalue weighted by Gasteiger charge is 2.55. The van der Waals surface area contributed by atoms with Crippen molar-refractivity contribution in [1.82, 2.24) is 15.2 Å². The molecule has 4 amide bonds. The van der Waals surface area contributed by atoms with Gasteiger partial charge in [0.2, 0.25) is 11.8 Å². The van der Waals surface area contributed by atoms with E-state index in [-0.39, 0.29) is 30.3 Å². The van der Waals surface area contributed by atoms with Crippen molar-refractivity contribution in [1.29, 1.82) is 0 Å². The number of aromatic nitrogens is 1. The average Bonchev–Trinajstić information content (AvgIpc) is 3.18. The number of nitrogens with one attached hydrogen (secondary N) is 2. The van der Waals surface area contributed by atoms with Crippen molar-refractivity contribution < 1.29 is 42.2 Å². The SMILES string of the molecule is CCOC(=O)C1C(Cc2ccnc(NC(=O)C(C)N)c2)C(=O)N1C(=O)NC(C)c1ccc2c(c1)OC(F)(F)O2. The number of halogens is 2. The fourth-order valence-corrected chi connectivity index (χ4v) is 4.21. The van der Waals surface area contributed by atoms with Crippen LogP contribution in [0.5, 0.6) is 11.5 Å². The van der Waals surface area contributed by atoms with Gasteiger partial charge in [-0.2, -0.15) is 0 Å². The minimum Gasteiger partial charge on any atom is -0.464 e. The fourth-order valence-electron chi connectivity index (χ4n) is 4.21. The van der Waals surface area contributed by atoms with Gasteiger partial charge in [0.15, 0.2) is 17.5 Å². The molecule has 2 aromatic rings. The van der Waals surface area contributed by atoms with E-state index in [4.69, 9.17) is 10.5 Å². The Labute approximate surface area is 221 Å². The van der Waals surface area contributed by atoms with Crippen molar-refractivity contribution in [3.63, 3.8) is 0 Å². The molecule has 208 valence electrons. The number of hydrogen-bond acceptors (Lipinski definition) is 9. The van der Waals surface area contributed by atoms with E-state index in [9.17, 15) is 28.0 Å². The molecule has 1 saturated heterocycles. The van der Waals surface area contributed by atoms with E-state index >= 15 is 0 Å². The van der Waals surface area contributed by atoms with Gasteiger partial charge in [0.1, 0.15) is 5.82 Å². The zero-order chi connectivity index (χ0) is 28.5. The summed E-state index contributed by atoms with van der Waals surface area (Å²) >= 11 is 0. The highest BCUT2D eigenvalue weighted by atomic mass is 19.3. The number of amides is 4. The van der Waals surface area contributed by atoms with Crippen LogP contribution in [0.2, 0.25) is 0 Å². The first-order valence-corrected chi connectivity index (χ1v) is 12.1. The van der Waals surface area contributed by atoms with Gasteiger partial charge in [-0.1, -0.05) is 6.07 Å². The Balaban J connectivity index is 1.47. The van der Waals surface area contributed by atoms with Gasteiger partial charge < -0.3 is 30.6 Å². The predicted molar refractivity (Wildman–Crippen MR) is 131 cm³/mol. The summed E-state index contributed by atoms with van der Waals surface area (Å²) in [5, 5.41) is 5.15. The number of carbonyl (C=O) groups is 4. The second-order valence-corrected chi connectivity index (χ2v) is 9.09. The monoisotopic (exact) mass is 547 g/mol. The van der Waals surface area contributed by atoms with Crippen LogP contribution >= 0.6 is 0 Å². The highest BCUT2D eigenvalue weighted by Crippen LogP contribution is 2.42. The number of pyridine rings is 1. The van der Waals surface area contributed by atoms with Crippen molar-refractivity contribution in [2.45, 2.75) is 51.6 Å². The summed E-state index contributed by atoms with van der Waals surface area (Å²) < 4.78 is 40.6. The largest absolute Gasteiger partial charge is 0.586 e. The Hall–Kier alpha value is -4.33. The molecule has 12 nitrogen and oxygen atoms in total. The summed E-state index contributed by atoms with van der Waals surface area (Å²) in [6.45, 7) is 4.72. The lowest BCUT2D eigenvalue weighted by Crippen LogP contribution is -2.69. The van der Waals surface area contributed by atoms with Crippen LogP contribution in [0, 0.1) is 5.92 Å². The number of rotatable bonds is 8. The van der Waals surface area contributed by atoms with Gasteiger partial charge in [-0.25, -0.2) is 19.5 Å². The van der Waals surface area contributed by atoms with Crippen molar-refractivity contribution in [2.24, 2.45) is 11.7 Å². The standard InChI is InChI=1S/C25H27F2N5O7/c1-4-37-23(35)20-16(9-14-7-8-29-19(10-14)31-21(33)12(2)28)22(34)32(20)24(36)30-13(3)15-5-6-17-18(11-15)39-25(26,27)38-17/h5-8,10-13,16,20H,4,9,28H2,1-3H3,(H,30,36)(H,29,31,33). The van der Waals surface area contributed by atoms with Crippen molar-refractivity contribution in [3.8, 4) is 11.5 Å². The van der Waals surface area contributed by atoms with E-state index in [0.717, 1.165) is 4.90 Å². The van der Waals surface area contributed by atoms with E-state index < -0.39 is 54.2 Å². The van der Waals surface area contributed by atoms with Crippen LogP contribution in [0.25, 0.3) is 0 Å². The van der Waals surface area contributed by atoms with Gasteiger partial charge in [0, 0.05) is 6.20 Å². The second-order valence-electron chi connectivity index (χ2n) is 9.09. The number of esters is 1. The number of urea groups is 1. The number of nitrogens with two attached hydrogens (primary N) is 1. The van der Waals surface area contributed by atoms with Gasteiger partial charge in [0.05, 0.1) is 24.6 Å². The van der Waals surface area contributed by atoms with Crippen LogP contribution in [0.1, 0.15) is 37.9 Å². The zero-order valence-electron chi connectivity index (χ0n) is 21.3. The number of carbonyl (C=O) groups excluding carboxylic acids is 4. The third-order valence-corrected chi connectivity index (χ3v) is 6.17. The number of fused-ring (bicyclic) bond motifs is 1. The van der Waals surface area contributed by atoms with Crippen LogP contribution in [-0.4, -0.2) is 58.7 Å². The lowest BCUT2D eigenvalue weighted by molar-refractivity contribution is -0.286. The lowest BCUT2D eigenvalue weighted by atomic mass is 9.82. The van der Waals surface area contributed by atoms with Gasteiger partial charge in [-0.3, -0.25) is 9.59 Å². The van der Waals surface area contributed by atoms with E-state index in [1.807, 2.05) is 0 Å². The summed E-state index contributed by atoms with van der Waals surface area (Å²) in [4.78, 5) is 55.6. The molecular formula is C25H27F2N5O7. The number of β-lactam (4-membered cyclic amide) rings is 1. The molecule has 0 saturated carbocycles. The van der Waals surface area contributed by atoms with E-state index in [1.165, 1.54) is 31.3 Å². The first kappa shape index (κ1) is 27.7. The van der Waals surface area contributed by atoms with Crippen LogP contribution in [0.4, 0.5) is 19.4 Å². The average molecular weight is 548 g/mol. The van der Waals surface area contributed by atoms with Gasteiger partial charge in [-0.15, -0.1) is 8.78 Å². The van der Waals surface area contributed by atoms with Gasteiger partial charge >= 0.3 is 18.3 Å². The maximum atomic E-state index is 13.3. The molecule has 14 heteroatoms. The van der Waals surface area contributed by atoms with Crippen molar-refractivity contribution >= 4 is 29.6 Å². The van der Waals surface area contributed by atoms with Crippen molar-refractivity contribution in [3.05, 3.63) is 47.7 Å². The quantitative estimate of drug-likeness (QED) is 0.332.